The molecular weight excluding hydrogens is 374 g/mol. The van der Waals surface area contributed by atoms with Gasteiger partial charge in [0.15, 0.2) is 0 Å². The molecule has 0 bridgehead atoms. The van der Waals surface area contributed by atoms with Crippen molar-refractivity contribution in [2.45, 2.75) is 59.9 Å². The third kappa shape index (κ3) is 5.92. The lowest BCUT2D eigenvalue weighted by Crippen LogP contribution is -2.43. The first-order chi connectivity index (χ1) is 14.1. The first-order valence-corrected chi connectivity index (χ1v) is 10.6. The van der Waals surface area contributed by atoms with Gasteiger partial charge in [-0.05, 0) is 69.8 Å². The molecule has 2 atom stereocenters. The summed E-state index contributed by atoms with van der Waals surface area (Å²) >= 11 is 0. The summed E-state index contributed by atoms with van der Waals surface area (Å²) in [5.74, 6) is 0.109. The Kier molecular flexibility index (Phi) is 8.18. The molecule has 0 unspecified atom stereocenters. The minimum Gasteiger partial charge on any atom is -0.324 e. The molecule has 0 fully saturated rings. The third-order valence-electron chi connectivity index (χ3n) is 5.74. The zero-order valence-electron chi connectivity index (χ0n) is 19.3. The van der Waals surface area contributed by atoms with Crippen LogP contribution in [0.5, 0.6) is 0 Å². The van der Waals surface area contributed by atoms with E-state index in [0.29, 0.717) is 5.92 Å². The minimum absolute atomic E-state index is 0.122. The Hall–Kier alpha value is -2.66. The Morgan fingerprint density at radius 3 is 2.20 bits per heavy atom. The summed E-state index contributed by atoms with van der Waals surface area (Å²) in [6.07, 6.45) is 1.00. The summed E-state index contributed by atoms with van der Waals surface area (Å²) in [6, 6.07) is 11.6. The van der Waals surface area contributed by atoms with Gasteiger partial charge in [-0.15, -0.1) is 0 Å². The molecule has 0 aliphatic heterocycles. The summed E-state index contributed by atoms with van der Waals surface area (Å²) in [5, 5.41) is 6.04. The molecule has 2 aromatic carbocycles. The number of amides is 2. The van der Waals surface area contributed by atoms with Gasteiger partial charge in [-0.25, -0.2) is 0 Å². The van der Waals surface area contributed by atoms with Crippen molar-refractivity contribution in [1.29, 1.82) is 0 Å². The van der Waals surface area contributed by atoms with Crippen LogP contribution >= 0.6 is 0 Å². The molecule has 5 nitrogen and oxygen atoms in total. The maximum absolute atomic E-state index is 12.8. The number of aryl methyl sites for hydroxylation is 3. The first kappa shape index (κ1) is 23.6. The molecule has 2 N–H and O–H groups in total. The highest BCUT2D eigenvalue weighted by Gasteiger charge is 2.22. The summed E-state index contributed by atoms with van der Waals surface area (Å²) in [7, 11) is 1.79. The zero-order valence-corrected chi connectivity index (χ0v) is 19.3. The van der Waals surface area contributed by atoms with Crippen LogP contribution in [0.15, 0.2) is 36.4 Å². The summed E-state index contributed by atoms with van der Waals surface area (Å²) in [5.41, 5.74) is 6.06. The number of para-hydroxylation sites is 1. The van der Waals surface area contributed by atoms with Crippen molar-refractivity contribution < 1.29 is 9.59 Å². The number of benzene rings is 2. The lowest BCUT2D eigenvalue weighted by atomic mass is 9.97. The number of carbonyl (C=O) groups excluding carboxylic acids is 2. The van der Waals surface area contributed by atoms with Gasteiger partial charge < -0.3 is 10.6 Å². The number of hydrogen-bond acceptors (Lipinski definition) is 3. The number of nitrogens with zero attached hydrogens (tertiary/aromatic N) is 1. The molecule has 0 spiro atoms. The Morgan fingerprint density at radius 2 is 1.60 bits per heavy atom. The standard InChI is InChI=1S/C25H35N3O2/c1-8-17(3)21-11-9-10-12-22(21)26-25(30)20(6)28(7)15-23(29)27-24-18(4)13-16(2)14-19(24)5/h9-14,17,20H,8,15H2,1-7H3,(H,26,30)(H,27,29)/t17-,20-/m1/s1. The van der Waals surface area contributed by atoms with Gasteiger partial charge >= 0.3 is 0 Å². The van der Waals surface area contributed by atoms with Crippen molar-refractivity contribution in [3.8, 4) is 0 Å². The van der Waals surface area contributed by atoms with Gasteiger partial charge in [-0.1, -0.05) is 49.7 Å². The smallest absolute Gasteiger partial charge is 0.241 e. The lowest BCUT2D eigenvalue weighted by Gasteiger charge is -2.25. The van der Waals surface area contributed by atoms with E-state index in [2.05, 4.69) is 42.7 Å². The molecular formula is C25H35N3O2. The van der Waals surface area contributed by atoms with Crippen LogP contribution < -0.4 is 10.6 Å². The Labute approximate surface area is 180 Å². The van der Waals surface area contributed by atoms with Gasteiger partial charge in [-0.2, -0.15) is 0 Å². The summed E-state index contributed by atoms with van der Waals surface area (Å²) in [4.78, 5) is 27.2. The highest BCUT2D eigenvalue weighted by Crippen LogP contribution is 2.27. The fourth-order valence-electron chi connectivity index (χ4n) is 3.62. The summed E-state index contributed by atoms with van der Waals surface area (Å²) < 4.78 is 0. The number of anilines is 2. The summed E-state index contributed by atoms with van der Waals surface area (Å²) in [6.45, 7) is 12.3. The van der Waals surface area contributed by atoms with Crippen molar-refractivity contribution in [2.24, 2.45) is 0 Å². The van der Waals surface area contributed by atoms with Crippen molar-refractivity contribution in [3.05, 3.63) is 58.7 Å². The van der Waals surface area contributed by atoms with E-state index in [0.717, 1.165) is 34.5 Å². The fourth-order valence-corrected chi connectivity index (χ4v) is 3.62. The van der Waals surface area contributed by atoms with E-state index >= 15 is 0 Å². The van der Waals surface area contributed by atoms with E-state index in [1.165, 1.54) is 5.56 Å². The van der Waals surface area contributed by atoms with E-state index in [-0.39, 0.29) is 18.4 Å². The third-order valence-corrected chi connectivity index (χ3v) is 5.74. The van der Waals surface area contributed by atoms with Crippen LogP contribution in [0.3, 0.4) is 0 Å². The lowest BCUT2D eigenvalue weighted by molar-refractivity contribution is -0.122. The van der Waals surface area contributed by atoms with Gasteiger partial charge in [0.2, 0.25) is 11.8 Å². The van der Waals surface area contributed by atoms with E-state index < -0.39 is 6.04 Å². The molecule has 2 aromatic rings. The van der Waals surface area contributed by atoms with Gasteiger partial charge in [0.05, 0.1) is 12.6 Å². The number of carbonyl (C=O) groups is 2. The van der Waals surface area contributed by atoms with Crippen LogP contribution in [-0.4, -0.2) is 36.3 Å². The molecule has 5 heteroatoms. The van der Waals surface area contributed by atoms with Crippen molar-refractivity contribution >= 4 is 23.2 Å². The van der Waals surface area contributed by atoms with Crippen molar-refractivity contribution in [2.75, 3.05) is 24.2 Å². The molecule has 0 aliphatic carbocycles. The molecule has 0 saturated carbocycles. The normalized spacial score (nSPS) is 13.1. The fraction of sp³-hybridized carbons (Fsp3) is 0.440. The van der Waals surface area contributed by atoms with Gasteiger partial charge in [0.25, 0.3) is 0 Å². The number of likely N-dealkylation sites (N-methyl/N-ethyl adjacent to an activating group) is 1. The second-order valence-electron chi connectivity index (χ2n) is 8.30. The monoisotopic (exact) mass is 409 g/mol. The Balaban J connectivity index is 2.01. The number of rotatable bonds is 8. The molecule has 0 heterocycles. The maximum Gasteiger partial charge on any atom is 0.241 e. The molecule has 2 rings (SSSR count). The second kappa shape index (κ2) is 10.4. The van der Waals surface area contributed by atoms with Crippen LogP contribution in [0.2, 0.25) is 0 Å². The average Bonchev–Trinajstić information content (AvgIpc) is 2.69. The molecule has 2 amide bonds. The predicted molar refractivity (Wildman–Crippen MR) is 125 cm³/mol. The predicted octanol–water partition coefficient (Wildman–Crippen LogP) is 5.02. The number of nitrogens with one attached hydrogen (secondary N) is 2. The second-order valence-corrected chi connectivity index (χ2v) is 8.30. The molecule has 0 aliphatic rings. The van der Waals surface area contributed by atoms with E-state index in [1.54, 1.807) is 11.9 Å². The van der Waals surface area contributed by atoms with Crippen molar-refractivity contribution in [3.63, 3.8) is 0 Å². The first-order valence-electron chi connectivity index (χ1n) is 10.6. The highest BCUT2D eigenvalue weighted by molar-refractivity contribution is 5.97. The maximum atomic E-state index is 12.8. The van der Waals surface area contributed by atoms with Gasteiger partial charge in [-0.3, -0.25) is 14.5 Å². The largest absolute Gasteiger partial charge is 0.324 e. The van der Waals surface area contributed by atoms with Crippen LogP contribution in [0.4, 0.5) is 11.4 Å². The van der Waals surface area contributed by atoms with Gasteiger partial charge in [0.1, 0.15) is 0 Å². The zero-order chi connectivity index (χ0) is 22.4. The number of hydrogen-bond donors (Lipinski definition) is 2. The topological polar surface area (TPSA) is 61.4 Å². The molecule has 30 heavy (non-hydrogen) atoms. The minimum atomic E-state index is -0.444. The van der Waals surface area contributed by atoms with E-state index in [1.807, 2.05) is 45.9 Å². The van der Waals surface area contributed by atoms with Crippen molar-refractivity contribution in [1.82, 2.24) is 4.90 Å². The molecule has 0 saturated heterocycles. The van der Waals surface area contributed by atoms with Crippen LogP contribution in [0.1, 0.15) is 55.4 Å². The molecule has 0 aromatic heterocycles. The average molecular weight is 410 g/mol. The Bertz CT molecular complexity index is 884. The Morgan fingerprint density at radius 1 is 1.00 bits per heavy atom. The quantitative estimate of drug-likeness (QED) is 0.643. The SMILES string of the molecule is CC[C@@H](C)c1ccccc1NC(=O)[C@@H](C)N(C)CC(=O)Nc1c(C)cc(C)cc1C. The van der Waals surface area contributed by atoms with E-state index in [9.17, 15) is 9.59 Å². The van der Waals surface area contributed by atoms with Crippen LogP contribution in [0, 0.1) is 20.8 Å². The van der Waals surface area contributed by atoms with Gasteiger partial charge in [0, 0.05) is 11.4 Å². The molecule has 162 valence electrons. The van der Waals surface area contributed by atoms with Crippen LogP contribution in [-0.2, 0) is 9.59 Å². The molecule has 0 radical (unpaired) electrons. The van der Waals surface area contributed by atoms with Crippen LogP contribution in [0.25, 0.3) is 0 Å². The van der Waals surface area contributed by atoms with E-state index in [4.69, 9.17) is 0 Å². The highest BCUT2D eigenvalue weighted by atomic mass is 16.2.